The summed E-state index contributed by atoms with van der Waals surface area (Å²) >= 11 is 0. The summed E-state index contributed by atoms with van der Waals surface area (Å²) in [6.45, 7) is 3.51. The molecule has 1 aromatic rings. The minimum absolute atomic E-state index is 0.124. The zero-order chi connectivity index (χ0) is 13.8. The number of hydrogen-bond acceptors (Lipinski definition) is 4. The molecule has 1 aromatic heterocycles. The highest BCUT2D eigenvalue weighted by Gasteiger charge is 2.25. The molecule has 1 aliphatic carbocycles. The first-order chi connectivity index (χ1) is 9.06. The van der Waals surface area contributed by atoms with Gasteiger partial charge in [0, 0.05) is 22.9 Å². The highest BCUT2D eigenvalue weighted by Crippen LogP contribution is 2.18. The van der Waals surface area contributed by atoms with Gasteiger partial charge in [0.25, 0.3) is 0 Å². The molecule has 0 spiro atoms. The molecule has 1 aliphatic rings. The highest BCUT2D eigenvalue weighted by molar-refractivity contribution is 7.85. The molecule has 0 saturated heterocycles. The van der Waals surface area contributed by atoms with Crippen LogP contribution in [0.5, 0.6) is 0 Å². The third kappa shape index (κ3) is 3.89. The fourth-order valence-corrected chi connectivity index (χ4v) is 3.23. The van der Waals surface area contributed by atoms with Gasteiger partial charge in [-0.15, -0.1) is 0 Å². The number of carbonyl (C=O) groups excluding carboxylic acids is 1. The molecular weight excluding hydrogens is 264 g/mol. The van der Waals surface area contributed by atoms with Gasteiger partial charge in [-0.1, -0.05) is 18.0 Å². The number of nitrogens with one attached hydrogen (secondary N) is 1. The molecule has 0 unspecified atom stereocenters. The van der Waals surface area contributed by atoms with Gasteiger partial charge in [0.05, 0.1) is 11.4 Å². The van der Waals surface area contributed by atoms with E-state index in [4.69, 9.17) is 4.52 Å². The zero-order valence-corrected chi connectivity index (χ0v) is 12.2. The molecule has 0 aliphatic heterocycles. The van der Waals surface area contributed by atoms with E-state index >= 15 is 0 Å². The van der Waals surface area contributed by atoms with Crippen LogP contribution in [-0.2, 0) is 21.3 Å². The number of nitrogens with zero attached hydrogens (tertiary/aromatic N) is 1. The van der Waals surface area contributed by atoms with E-state index in [1.807, 2.05) is 6.92 Å². The Morgan fingerprint density at radius 2 is 2.26 bits per heavy atom. The standard InChI is InChI=1S/C13H20N2O3S/c1-9-7-12(18-15-9)8-19(17)10(2)13(16)14-11-5-3-4-6-11/h7,10-11H,3-6,8H2,1-2H3,(H,14,16)/t10-,19-/m1/s1. The summed E-state index contributed by atoms with van der Waals surface area (Å²) in [6, 6.07) is 2.01. The molecule has 1 heterocycles. The first-order valence-corrected chi connectivity index (χ1v) is 8.04. The Morgan fingerprint density at radius 1 is 1.58 bits per heavy atom. The van der Waals surface area contributed by atoms with Crippen molar-refractivity contribution in [1.82, 2.24) is 10.5 Å². The molecule has 19 heavy (non-hydrogen) atoms. The molecule has 106 valence electrons. The number of aryl methyl sites for hydroxylation is 1. The third-order valence-corrected chi connectivity index (χ3v) is 5.00. The number of rotatable bonds is 5. The Balaban J connectivity index is 1.85. The van der Waals surface area contributed by atoms with Crippen LogP contribution in [-0.4, -0.2) is 26.6 Å². The molecule has 5 nitrogen and oxygen atoms in total. The van der Waals surface area contributed by atoms with Gasteiger partial charge >= 0.3 is 0 Å². The minimum atomic E-state index is -1.28. The number of aromatic nitrogens is 1. The Bertz CT molecular complexity index is 466. The van der Waals surface area contributed by atoms with Crippen molar-refractivity contribution in [2.24, 2.45) is 0 Å². The molecule has 0 radical (unpaired) electrons. The van der Waals surface area contributed by atoms with Gasteiger partial charge in [-0.2, -0.15) is 0 Å². The van der Waals surface area contributed by atoms with Crippen molar-refractivity contribution in [3.05, 3.63) is 17.5 Å². The molecule has 6 heteroatoms. The Kier molecular flexibility index (Phi) is 4.74. The van der Waals surface area contributed by atoms with Gasteiger partial charge < -0.3 is 9.84 Å². The highest BCUT2D eigenvalue weighted by atomic mass is 32.2. The SMILES string of the molecule is Cc1cc(C[S@@](=O)[C@H](C)C(=O)NC2CCCC2)on1. The summed E-state index contributed by atoms with van der Waals surface area (Å²) in [5.41, 5.74) is 0.759. The van der Waals surface area contributed by atoms with Crippen molar-refractivity contribution < 1.29 is 13.5 Å². The van der Waals surface area contributed by atoms with Crippen LogP contribution in [0.25, 0.3) is 0 Å². The van der Waals surface area contributed by atoms with Crippen molar-refractivity contribution in [2.75, 3.05) is 0 Å². The fourth-order valence-electron chi connectivity index (χ4n) is 2.26. The van der Waals surface area contributed by atoms with Crippen molar-refractivity contribution >= 4 is 16.7 Å². The average molecular weight is 284 g/mol. The molecule has 1 N–H and O–H groups in total. The van der Waals surface area contributed by atoms with Gasteiger partial charge in [0.2, 0.25) is 5.91 Å². The summed E-state index contributed by atoms with van der Waals surface area (Å²) in [7, 11) is -1.28. The maximum absolute atomic E-state index is 12.1. The Labute approximate surface area is 115 Å². The molecule has 1 saturated carbocycles. The second kappa shape index (κ2) is 6.32. The Morgan fingerprint density at radius 3 is 2.84 bits per heavy atom. The maximum Gasteiger partial charge on any atom is 0.235 e. The van der Waals surface area contributed by atoms with Crippen molar-refractivity contribution in [3.8, 4) is 0 Å². The van der Waals surface area contributed by atoms with Crippen LogP contribution in [0.15, 0.2) is 10.6 Å². The van der Waals surface area contributed by atoms with Crippen molar-refractivity contribution in [3.63, 3.8) is 0 Å². The summed E-state index contributed by atoms with van der Waals surface area (Å²) in [5, 5.41) is 6.20. The van der Waals surface area contributed by atoms with Gasteiger partial charge in [-0.05, 0) is 26.7 Å². The van der Waals surface area contributed by atoms with E-state index < -0.39 is 16.0 Å². The summed E-state index contributed by atoms with van der Waals surface area (Å²) < 4.78 is 17.1. The minimum Gasteiger partial charge on any atom is -0.360 e. The van der Waals surface area contributed by atoms with Gasteiger partial charge in [-0.3, -0.25) is 9.00 Å². The van der Waals surface area contributed by atoms with Crippen LogP contribution in [0.2, 0.25) is 0 Å². The molecule has 0 bridgehead atoms. The lowest BCUT2D eigenvalue weighted by atomic mass is 10.2. The van der Waals surface area contributed by atoms with Crippen LogP contribution in [0.4, 0.5) is 0 Å². The molecule has 1 fully saturated rings. The Hall–Kier alpha value is -1.17. The quantitative estimate of drug-likeness (QED) is 0.893. The summed E-state index contributed by atoms with van der Waals surface area (Å²) in [4.78, 5) is 12.0. The maximum atomic E-state index is 12.1. The summed E-state index contributed by atoms with van der Waals surface area (Å²) in [5.74, 6) is 0.679. The monoisotopic (exact) mass is 284 g/mol. The van der Waals surface area contributed by atoms with Crippen LogP contribution in [0, 0.1) is 6.92 Å². The first-order valence-electron chi connectivity index (χ1n) is 6.66. The lowest BCUT2D eigenvalue weighted by Crippen LogP contribution is -2.40. The van der Waals surface area contributed by atoms with E-state index in [9.17, 15) is 9.00 Å². The first kappa shape index (κ1) is 14.2. The van der Waals surface area contributed by atoms with Crippen LogP contribution >= 0.6 is 0 Å². The van der Waals surface area contributed by atoms with Gasteiger partial charge in [0.15, 0.2) is 0 Å². The molecule has 2 atom stereocenters. The van der Waals surface area contributed by atoms with Gasteiger partial charge in [-0.25, -0.2) is 0 Å². The molecule has 2 rings (SSSR count). The van der Waals surface area contributed by atoms with Crippen molar-refractivity contribution in [2.45, 2.75) is 56.6 Å². The number of hydrogen-bond donors (Lipinski definition) is 1. The topological polar surface area (TPSA) is 72.2 Å². The van der Waals surface area contributed by atoms with Crippen LogP contribution in [0.3, 0.4) is 0 Å². The smallest absolute Gasteiger partial charge is 0.235 e. The molecule has 0 aromatic carbocycles. The van der Waals surface area contributed by atoms with E-state index in [0.29, 0.717) is 5.76 Å². The van der Waals surface area contributed by atoms with Crippen LogP contribution < -0.4 is 5.32 Å². The average Bonchev–Trinajstić information content (AvgIpc) is 3.00. The van der Waals surface area contributed by atoms with E-state index in [2.05, 4.69) is 10.5 Å². The van der Waals surface area contributed by atoms with E-state index in [1.165, 1.54) is 12.8 Å². The summed E-state index contributed by atoms with van der Waals surface area (Å²) in [6.07, 6.45) is 4.40. The normalized spacial score (nSPS) is 19.3. The van der Waals surface area contributed by atoms with Crippen LogP contribution in [0.1, 0.15) is 44.1 Å². The second-order valence-corrected chi connectivity index (χ2v) is 6.85. The number of amides is 1. The molecular formula is C13H20N2O3S. The predicted octanol–water partition coefficient (Wildman–Crippen LogP) is 1.68. The largest absolute Gasteiger partial charge is 0.360 e. The van der Waals surface area contributed by atoms with Crippen molar-refractivity contribution in [1.29, 1.82) is 0 Å². The zero-order valence-electron chi connectivity index (χ0n) is 11.3. The van der Waals surface area contributed by atoms with E-state index in [0.717, 1.165) is 18.5 Å². The lowest BCUT2D eigenvalue weighted by molar-refractivity contribution is -0.121. The van der Waals surface area contributed by atoms with Gasteiger partial charge in [0.1, 0.15) is 11.0 Å². The predicted molar refractivity (Wildman–Crippen MR) is 72.9 cm³/mol. The van der Waals surface area contributed by atoms with E-state index in [-0.39, 0.29) is 17.7 Å². The third-order valence-electron chi connectivity index (χ3n) is 3.43. The lowest BCUT2D eigenvalue weighted by Gasteiger charge is -2.15. The van der Waals surface area contributed by atoms with E-state index in [1.54, 1.807) is 13.0 Å². The number of carbonyl (C=O) groups is 1. The molecule has 1 amide bonds. The fraction of sp³-hybridized carbons (Fsp3) is 0.692. The second-order valence-electron chi connectivity index (χ2n) is 5.09.